The lowest BCUT2D eigenvalue weighted by molar-refractivity contribution is -0.144. The number of ether oxygens (including phenoxy) is 1. The molecule has 3 aromatic rings. The number of esters is 1. The van der Waals surface area contributed by atoms with E-state index in [-0.39, 0.29) is 31.2 Å². The Balaban J connectivity index is 2.44. The van der Waals surface area contributed by atoms with Gasteiger partial charge in [0.1, 0.15) is 17.2 Å². The zero-order valence-electron chi connectivity index (χ0n) is 14.1. The number of carbonyl (C=O) groups excluding carboxylic acids is 1. The first-order valence-corrected chi connectivity index (χ1v) is 7.75. The minimum atomic E-state index is -4.98. The molecule has 0 aliphatic heterocycles. The highest BCUT2D eigenvalue weighted by Crippen LogP contribution is 2.34. The van der Waals surface area contributed by atoms with Gasteiger partial charge in [-0.25, -0.2) is 18.5 Å². The Hall–Kier alpha value is -3.08. The summed E-state index contributed by atoms with van der Waals surface area (Å²) in [5, 5.41) is -0.562. The standard InChI is InChI=1S/C16H9ClF4N2O5/c1-22-10(16(19,20)21)5-11(24)23(15(22)26)12-6-3-9(14(25)27-2)28-13(6)7(17)4-8(12)18/h3-5H,1-2H3. The summed E-state index contributed by atoms with van der Waals surface area (Å²) in [6.45, 7) is 0. The molecule has 148 valence electrons. The van der Waals surface area contributed by atoms with Crippen LogP contribution in [0.3, 0.4) is 0 Å². The molecule has 0 unspecified atom stereocenters. The average molecular weight is 421 g/mol. The number of carbonyl (C=O) groups is 1. The van der Waals surface area contributed by atoms with Gasteiger partial charge >= 0.3 is 17.8 Å². The molecule has 0 saturated carbocycles. The van der Waals surface area contributed by atoms with E-state index in [9.17, 15) is 31.9 Å². The van der Waals surface area contributed by atoms with Crippen molar-refractivity contribution in [1.29, 1.82) is 0 Å². The van der Waals surface area contributed by atoms with Gasteiger partial charge in [-0.15, -0.1) is 0 Å². The van der Waals surface area contributed by atoms with Crippen LogP contribution in [-0.2, 0) is 18.0 Å². The third-order valence-electron chi connectivity index (χ3n) is 3.90. The summed E-state index contributed by atoms with van der Waals surface area (Å²) in [5.41, 5.74) is -5.36. The molecular formula is C16H9ClF4N2O5. The SMILES string of the molecule is COC(=O)c1cc2c(-n3c(=O)cc(C(F)(F)F)n(C)c3=O)c(F)cc(Cl)c2o1. The minimum absolute atomic E-state index is 0.155. The van der Waals surface area contributed by atoms with Crippen LogP contribution in [0.2, 0.25) is 5.02 Å². The van der Waals surface area contributed by atoms with Gasteiger partial charge in [0.25, 0.3) is 5.56 Å². The van der Waals surface area contributed by atoms with Crippen LogP contribution >= 0.6 is 11.6 Å². The fourth-order valence-corrected chi connectivity index (χ4v) is 2.89. The molecule has 0 atom stereocenters. The van der Waals surface area contributed by atoms with E-state index in [0.29, 0.717) is 6.07 Å². The normalized spacial score (nSPS) is 11.8. The summed E-state index contributed by atoms with van der Waals surface area (Å²) in [6.07, 6.45) is -4.98. The van der Waals surface area contributed by atoms with Crippen molar-refractivity contribution in [2.24, 2.45) is 7.05 Å². The second kappa shape index (κ2) is 6.51. The maximum atomic E-state index is 14.6. The van der Waals surface area contributed by atoms with Gasteiger partial charge in [-0.3, -0.25) is 9.36 Å². The van der Waals surface area contributed by atoms with E-state index in [1.165, 1.54) is 0 Å². The van der Waals surface area contributed by atoms with E-state index in [2.05, 4.69) is 4.74 Å². The Morgan fingerprint density at radius 2 is 1.86 bits per heavy atom. The first-order chi connectivity index (χ1) is 13.0. The predicted octanol–water partition coefficient (Wildman–Crippen LogP) is 2.88. The number of nitrogens with zero attached hydrogens (tertiary/aromatic N) is 2. The summed E-state index contributed by atoms with van der Waals surface area (Å²) >= 11 is 5.87. The van der Waals surface area contributed by atoms with E-state index in [0.717, 1.165) is 20.2 Å². The van der Waals surface area contributed by atoms with E-state index >= 15 is 0 Å². The monoisotopic (exact) mass is 420 g/mol. The third-order valence-corrected chi connectivity index (χ3v) is 4.19. The average Bonchev–Trinajstić information content (AvgIpc) is 3.04. The summed E-state index contributed by atoms with van der Waals surface area (Å²) in [5.74, 6) is -2.55. The van der Waals surface area contributed by atoms with Crippen molar-refractivity contribution in [3.05, 3.63) is 61.3 Å². The number of aromatic nitrogens is 2. The third kappa shape index (κ3) is 2.97. The highest BCUT2D eigenvalue weighted by molar-refractivity contribution is 6.35. The first kappa shape index (κ1) is 19.7. The van der Waals surface area contributed by atoms with Gasteiger partial charge < -0.3 is 9.15 Å². The molecule has 2 aromatic heterocycles. The molecule has 2 heterocycles. The van der Waals surface area contributed by atoms with Gasteiger partial charge in [0, 0.05) is 19.2 Å². The van der Waals surface area contributed by atoms with Crippen LogP contribution in [0.4, 0.5) is 17.6 Å². The van der Waals surface area contributed by atoms with Crippen molar-refractivity contribution in [1.82, 2.24) is 9.13 Å². The van der Waals surface area contributed by atoms with Crippen LogP contribution in [0.25, 0.3) is 16.7 Å². The number of methoxy groups -OCH3 is 1. The molecule has 0 radical (unpaired) electrons. The van der Waals surface area contributed by atoms with Crippen molar-refractivity contribution < 1.29 is 31.5 Å². The zero-order chi connectivity index (χ0) is 21.0. The van der Waals surface area contributed by atoms with Crippen LogP contribution in [0, 0.1) is 5.82 Å². The predicted molar refractivity (Wildman–Crippen MR) is 88.4 cm³/mol. The van der Waals surface area contributed by atoms with Gasteiger partial charge in [-0.2, -0.15) is 13.2 Å². The Kier molecular flexibility index (Phi) is 4.58. The minimum Gasteiger partial charge on any atom is -0.463 e. The Labute approximate surface area is 157 Å². The fourth-order valence-electron chi connectivity index (χ4n) is 2.65. The molecule has 1 aromatic carbocycles. The summed E-state index contributed by atoms with van der Waals surface area (Å²) in [7, 11) is 1.83. The lowest BCUT2D eigenvalue weighted by atomic mass is 10.2. The van der Waals surface area contributed by atoms with Gasteiger partial charge in [0.05, 0.1) is 17.5 Å². The van der Waals surface area contributed by atoms with Crippen LogP contribution in [-0.4, -0.2) is 22.2 Å². The number of hydrogen-bond acceptors (Lipinski definition) is 5. The van der Waals surface area contributed by atoms with Crippen molar-refractivity contribution in [3.63, 3.8) is 0 Å². The molecule has 0 amide bonds. The number of alkyl halides is 3. The number of fused-ring (bicyclic) bond motifs is 1. The molecule has 0 bridgehead atoms. The van der Waals surface area contributed by atoms with E-state index in [1.807, 2.05) is 0 Å². The Bertz CT molecular complexity index is 1240. The molecular weight excluding hydrogens is 412 g/mol. The molecule has 0 saturated heterocycles. The van der Waals surface area contributed by atoms with Crippen LogP contribution in [0.1, 0.15) is 16.2 Å². The summed E-state index contributed by atoms with van der Waals surface area (Å²) in [6, 6.07) is 1.82. The Morgan fingerprint density at radius 1 is 1.21 bits per heavy atom. The van der Waals surface area contributed by atoms with Gasteiger partial charge in [0.15, 0.2) is 5.58 Å². The number of rotatable bonds is 2. The molecule has 0 N–H and O–H groups in total. The van der Waals surface area contributed by atoms with Crippen LogP contribution < -0.4 is 11.2 Å². The van der Waals surface area contributed by atoms with Crippen molar-refractivity contribution >= 4 is 28.5 Å². The smallest absolute Gasteiger partial charge is 0.431 e. The zero-order valence-corrected chi connectivity index (χ0v) is 14.8. The molecule has 0 fully saturated rings. The van der Waals surface area contributed by atoms with Gasteiger partial charge in [-0.1, -0.05) is 11.6 Å². The second-order valence-electron chi connectivity index (χ2n) is 5.58. The molecule has 0 aliphatic carbocycles. The van der Waals surface area contributed by atoms with E-state index in [1.54, 1.807) is 0 Å². The fraction of sp³-hybridized carbons (Fsp3) is 0.188. The van der Waals surface area contributed by atoms with Gasteiger partial charge in [0.2, 0.25) is 5.76 Å². The molecule has 7 nitrogen and oxygen atoms in total. The molecule has 0 spiro atoms. The maximum absolute atomic E-state index is 14.6. The largest absolute Gasteiger partial charge is 0.463 e. The first-order valence-electron chi connectivity index (χ1n) is 7.38. The van der Waals surface area contributed by atoms with Crippen LogP contribution in [0.5, 0.6) is 0 Å². The second-order valence-corrected chi connectivity index (χ2v) is 5.98. The van der Waals surface area contributed by atoms with Crippen molar-refractivity contribution in [3.8, 4) is 5.69 Å². The number of furan rings is 1. The maximum Gasteiger partial charge on any atom is 0.431 e. The number of benzene rings is 1. The molecule has 12 heteroatoms. The summed E-state index contributed by atoms with van der Waals surface area (Å²) in [4.78, 5) is 36.4. The highest BCUT2D eigenvalue weighted by atomic mass is 35.5. The summed E-state index contributed by atoms with van der Waals surface area (Å²) < 4.78 is 63.6. The van der Waals surface area contributed by atoms with Crippen molar-refractivity contribution in [2.45, 2.75) is 6.18 Å². The number of hydrogen-bond donors (Lipinski definition) is 0. The van der Waals surface area contributed by atoms with Crippen LogP contribution in [0.15, 0.2) is 32.2 Å². The topological polar surface area (TPSA) is 83.4 Å². The Morgan fingerprint density at radius 3 is 2.43 bits per heavy atom. The van der Waals surface area contributed by atoms with Crippen molar-refractivity contribution in [2.75, 3.05) is 7.11 Å². The quantitative estimate of drug-likeness (QED) is 0.470. The lowest BCUT2D eigenvalue weighted by Crippen LogP contribution is -2.41. The lowest BCUT2D eigenvalue weighted by Gasteiger charge is -2.14. The molecule has 0 aliphatic rings. The number of halogens is 5. The molecule has 28 heavy (non-hydrogen) atoms. The van der Waals surface area contributed by atoms with E-state index in [4.69, 9.17) is 16.0 Å². The highest BCUT2D eigenvalue weighted by Gasteiger charge is 2.35. The van der Waals surface area contributed by atoms with E-state index < -0.39 is 46.4 Å². The van der Waals surface area contributed by atoms with Gasteiger partial charge in [-0.05, 0) is 6.07 Å². The molecule has 3 rings (SSSR count).